The summed E-state index contributed by atoms with van der Waals surface area (Å²) in [5.74, 6) is -0.0551. The van der Waals surface area contributed by atoms with Crippen LogP contribution < -0.4 is 4.74 Å². The van der Waals surface area contributed by atoms with E-state index in [1.54, 1.807) is 24.3 Å². The van der Waals surface area contributed by atoms with E-state index in [1.165, 1.54) is 11.3 Å². The van der Waals surface area contributed by atoms with Crippen LogP contribution in [0.25, 0.3) is 32.6 Å². The molecule has 1 heterocycles. The van der Waals surface area contributed by atoms with Gasteiger partial charge in [-0.25, -0.2) is 9.78 Å². The Morgan fingerprint density at radius 1 is 0.906 bits per heavy atom. The van der Waals surface area contributed by atoms with Crippen LogP contribution in [0.4, 0.5) is 0 Å². The quantitative estimate of drug-likeness (QED) is 0.179. The first-order valence-corrected chi connectivity index (χ1v) is 10.8. The van der Waals surface area contributed by atoms with Crippen molar-refractivity contribution in [1.82, 2.24) is 4.98 Å². The third kappa shape index (κ3) is 3.76. The number of rotatable bonds is 4. The van der Waals surface area contributed by atoms with Gasteiger partial charge in [-0.1, -0.05) is 66.7 Å². The highest BCUT2D eigenvalue weighted by atomic mass is 32.1. The third-order valence-electron chi connectivity index (χ3n) is 5.08. The molecule has 152 valence electrons. The van der Waals surface area contributed by atoms with Crippen LogP contribution in [0.2, 0.25) is 0 Å². The maximum Gasteiger partial charge on any atom is 0.344 e. The molecule has 5 heteroatoms. The van der Waals surface area contributed by atoms with Gasteiger partial charge in [0.05, 0.1) is 21.4 Å². The number of para-hydroxylation sites is 2. The predicted molar refractivity (Wildman–Crippen MR) is 128 cm³/mol. The zero-order valence-corrected chi connectivity index (χ0v) is 17.7. The van der Waals surface area contributed by atoms with Crippen molar-refractivity contribution in [3.63, 3.8) is 0 Å². The summed E-state index contributed by atoms with van der Waals surface area (Å²) in [6, 6.07) is 30.4. The van der Waals surface area contributed by atoms with Crippen molar-refractivity contribution in [2.45, 2.75) is 0 Å². The lowest BCUT2D eigenvalue weighted by Gasteiger charge is -2.09. The molecule has 0 N–H and O–H groups in total. The van der Waals surface area contributed by atoms with Gasteiger partial charge >= 0.3 is 5.97 Å². The van der Waals surface area contributed by atoms with Crippen LogP contribution >= 0.6 is 11.3 Å². The fourth-order valence-corrected chi connectivity index (χ4v) is 4.47. The lowest BCUT2D eigenvalue weighted by molar-refractivity contribution is 0.0736. The molecule has 4 nitrogen and oxygen atoms in total. The number of carbonyl (C=O) groups excluding carboxylic acids is 1. The Bertz CT molecular complexity index is 1500. The molecule has 0 aliphatic carbocycles. The number of nitrogens with zero attached hydrogens (tertiary/aromatic N) is 2. The van der Waals surface area contributed by atoms with Crippen molar-refractivity contribution >= 4 is 49.9 Å². The van der Waals surface area contributed by atoms with Gasteiger partial charge < -0.3 is 4.74 Å². The highest BCUT2D eigenvalue weighted by molar-refractivity contribution is 7.19. The van der Waals surface area contributed by atoms with Crippen molar-refractivity contribution in [1.29, 1.82) is 5.26 Å². The molecular formula is C27H16N2O2S. The van der Waals surface area contributed by atoms with E-state index < -0.39 is 5.97 Å². The molecule has 32 heavy (non-hydrogen) atoms. The second-order valence-electron chi connectivity index (χ2n) is 7.11. The summed E-state index contributed by atoms with van der Waals surface area (Å²) in [7, 11) is 0. The first kappa shape index (κ1) is 19.7. The topological polar surface area (TPSA) is 63.0 Å². The highest BCUT2D eigenvalue weighted by Gasteiger charge is 2.15. The smallest absolute Gasteiger partial charge is 0.344 e. The van der Waals surface area contributed by atoms with Gasteiger partial charge in [0.15, 0.2) is 0 Å². The van der Waals surface area contributed by atoms with Crippen molar-refractivity contribution in [3.05, 3.63) is 107 Å². The molecule has 0 atom stereocenters. The lowest BCUT2D eigenvalue weighted by atomic mass is 10.0. The highest BCUT2D eigenvalue weighted by Crippen LogP contribution is 2.30. The Labute approximate surface area is 188 Å². The fraction of sp³-hybridized carbons (Fsp3) is 0. The maximum absolute atomic E-state index is 13.0. The van der Waals surface area contributed by atoms with Gasteiger partial charge in [0.2, 0.25) is 0 Å². The van der Waals surface area contributed by atoms with Gasteiger partial charge in [0.1, 0.15) is 16.8 Å². The van der Waals surface area contributed by atoms with Crippen LogP contribution in [-0.2, 0) is 0 Å². The molecule has 0 bridgehead atoms. The van der Waals surface area contributed by atoms with Gasteiger partial charge in [-0.15, -0.1) is 11.3 Å². The number of fused-ring (bicyclic) bond motifs is 2. The molecule has 0 unspecified atom stereocenters. The minimum absolute atomic E-state index is 0.388. The number of nitriles is 1. The van der Waals surface area contributed by atoms with Crippen molar-refractivity contribution < 1.29 is 9.53 Å². The number of aromatic nitrogens is 1. The van der Waals surface area contributed by atoms with Gasteiger partial charge in [0.25, 0.3) is 0 Å². The summed E-state index contributed by atoms with van der Waals surface area (Å²) in [5.41, 5.74) is 2.40. The second kappa shape index (κ2) is 8.46. The number of allylic oxidation sites excluding steroid dienone is 1. The predicted octanol–water partition coefficient (Wildman–Crippen LogP) is 6.73. The number of thiazole rings is 1. The number of hydrogen-bond acceptors (Lipinski definition) is 5. The van der Waals surface area contributed by atoms with Gasteiger partial charge in [-0.2, -0.15) is 5.26 Å². The van der Waals surface area contributed by atoms with E-state index in [1.807, 2.05) is 72.8 Å². The number of esters is 1. The van der Waals surface area contributed by atoms with E-state index in [0.29, 0.717) is 27.5 Å². The molecule has 5 aromatic rings. The molecule has 0 fully saturated rings. The van der Waals surface area contributed by atoms with Crippen LogP contribution in [0.15, 0.2) is 91.0 Å². The second-order valence-corrected chi connectivity index (χ2v) is 8.14. The number of ether oxygens (including phenoxy) is 1. The average Bonchev–Trinajstić information content (AvgIpc) is 3.27. The van der Waals surface area contributed by atoms with Gasteiger partial charge in [-0.3, -0.25) is 0 Å². The maximum atomic E-state index is 13.0. The minimum atomic E-state index is -0.443. The summed E-state index contributed by atoms with van der Waals surface area (Å²) in [6.45, 7) is 0. The number of carbonyl (C=O) groups is 1. The summed E-state index contributed by atoms with van der Waals surface area (Å²) in [4.78, 5) is 17.6. The third-order valence-corrected chi connectivity index (χ3v) is 6.15. The van der Waals surface area contributed by atoms with Crippen LogP contribution in [0, 0.1) is 11.3 Å². The van der Waals surface area contributed by atoms with E-state index in [-0.39, 0.29) is 0 Å². The zero-order valence-electron chi connectivity index (χ0n) is 16.9. The average molecular weight is 433 g/mol. The SMILES string of the molecule is N#CC(=Cc1ccccc1OC(=O)c1cccc2ccccc12)c1nc2ccccc2s1. The molecule has 0 aliphatic rings. The summed E-state index contributed by atoms with van der Waals surface area (Å²) in [6.07, 6.45) is 1.71. The standard InChI is InChI=1S/C27H16N2O2S/c28-17-20(26-29-23-13-4-6-15-25(23)32-26)16-19-9-2-5-14-24(19)31-27(30)22-12-7-10-18-8-1-3-11-21(18)22/h1-16H. The van der Waals surface area contributed by atoms with Crippen molar-refractivity contribution in [2.75, 3.05) is 0 Å². The summed E-state index contributed by atoms with van der Waals surface area (Å²) < 4.78 is 6.78. The van der Waals surface area contributed by atoms with Crippen molar-refractivity contribution in [2.24, 2.45) is 0 Å². The van der Waals surface area contributed by atoms with Crippen LogP contribution in [0.5, 0.6) is 5.75 Å². The summed E-state index contributed by atoms with van der Waals surface area (Å²) >= 11 is 1.46. The molecule has 0 aliphatic heterocycles. The number of benzene rings is 4. The summed E-state index contributed by atoms with van der Waals surface area (Å²) in [5, 5.41) is 12.2. The Kier molecular flexibility index (Phi) is 5.20. The lowest BCUT2D eigenvalue weighted by Crippen LogP contribution is -2.09. The number of hydrogen-bond donors (Lipinski definition) is 0. The van der Waals surface area contributed by atoms with Gasteiger partial charge in [0, 0.05) is 5.56 Å². The van der Waals surface area contributed by atoms with Gasteiger partial charge in [-0.05, 0) is 41.1 Å². The molecule has 0 radical (unpaired) electrons. The Morgan fingerprint density at radius 3 is 2.53 bits per heavy atom. The van der Waals surface area contributed by atoms with Crippen LogP contribution in [-0.4, -0.2) is 11.0 Å². The fourth-order valence-electron chi connectivity index (χ4n) is 3.54. The van der Waals surface area contributed by atoms with E-state index in [0.717, 1.165) is 21.0 Å². The molecule has 0 saturated heterocycles. The monoisotopic (exact) mass is 432 g/mol. The first-order chi connectivity index (χ1) is 15.7. The zero-order chi connectivity index (χ0) is 21.9. The molecule has 0 saturated carbocycles. The first-order valence-electron chi connectivity index (χ1n) is 9.99. The van der Waals surface area contributed by atoms with Crippen molar-refractivity contribution in [3.8, 4) is 11.8 Å². The molecule has 5 rings (SSSR count). The largest absolute Gasteiger partial charge is 0.422 e. The molecule has 4 aromatic carbocycles. The molecule has 0 spiro atoms. The minimum Gasteiger partial charge on any atom is -0.422 e. The molecule has 1 aromatic heterocycles. The van der Waals surface area contributed by atoms with Crippen LogP contribution in [0.3, 0.4) is 0 Å². The molecule has 0 amide bonds. The Morgan fingerprint density at radius 2 is 1.66 bits per heavy atom. The Balaban J connectivity index is 1.51. The molecular weight excluding hydrogens is 416 g/mol. The van der Waals surface area contributed by atoms with E-state index >= 15 is 0 Å². The normalized spacial score (nSPS) is 11.4. The van der Waals surface area contributed by atoms with Crippen LogP contribution in [0.1, 0.15) is 20.9 Å². The van der Waals surface area contributed by atoms with E-state index in [2.05, 4.69) is 11.1 Å². The Hall–Kier alpha value is -4.27. The van der Waals surface area contributed by atoms with E-state index in [9.17, 15) is 10.1 Å². The van der Waals surface area contributed by atoms with E-state index in [4.69, 9.17) is 4.74 Å².